The number of likely N-dealkylation sites (tertiary alicyclic amines) is 1. The number of rotatable bonds is 5. The van der Waals surface area contributed by atoms with Gasteiger partial charge in [-0.25, -0.2) is 31.3 Å². The summed E-state index contributed by atoms with van der Waals surface area (Å²) in [5.74, 6) is -3.05. The fraction of sp³-hybridized carbons (Fsp3) is 0.417. The van der Waals surface area contributed by atoms with Gasteiger partial charge < -0.3 is 9.80 Å². The Balaban J connectivity index is 1.29. The number of sulfonamides is 1. The third-order valence-corrected chi connectivity index (χ3v) is 9.21. The molecule has 13 heteroatoms. The molecule has 2 atom stereocenters. The maximum Gasteiger partial charge on any atom is 0.255 e. The molecule has 1 amide bonds. The van der Waals surface area contributed by atoms with E-state index in [-0.39, 0.29) is 33.5 Å². The standard InChI is InChI=1S/C24H23ClF3N5O3S/c25-21-5-14(26)1-4-20(21)23(34)31-11-16-2-3-17(12-31)33(16)22-7-19(6-18-10-29-13-32(18)22)37(35,36)30-15-8-24(27,28)9-15/h1,4-7,10,13,15-17,30H,2-3,8-9,11-12H2/t16-,17+. The minimum Gasteiger partial charge on any atom is -0.348 e. The fourth-order valence-electron chi connectivity index (χ4n) is 5.65. The molecule has 2 saturated heterocycles. The van der Waals surface area contributed by atoms with Crippen LogP contribution in [0.2, 0.25) is 5.02 Å². The van der Waals surface area contributed by atoms with E-state index in [0.717, 1.165) is 18.9 Å². The minimum atomic E-state index is -4.05. The molecule has 1 N–H and O–H groups in total. The highest BCUT2D eigenvalue weighted by Crippen LogP contribution is 2.39. The lowest BCUT2D eigenvalue weighted by molar-refractivity contribution is -0.0876. The van der Waals surface area contributed by atoms with E-state index in [1.165, 1.54) is 30.5 Å². The molecular weight excluding hydrogens is 531 g/mol. The van der Waals surface area contributed by atoms with E-state index >= 15 is 0 Å². The number of carbonyl (C=O) groups excluding carboxylic acids is 1. The van der Waals surface area contributed by atoms with Crippen LogP contribution >= 0.6 is 11.6 Å². The molecule has 0 radical (unpaired) electrons. The molecule has 4 heterocycles. The monoisotopic (exact) mass is 553 g/mol. The van der Waals surface area contributed by atoms with Crippen LogP contribution in [0.4, 0.5) is 19.0 Å². The molecule has 3 aliphatic rings. The summed E-state index contributed by atoms with van der Waals surface area (Å²) in [7, 11) is -4.05. The number of alkyl halides is 2. The normalized spacial score (nSPS) is 23.5. The number of aromatic nitrogens is 2. The van der Waals surface area contributed by atoms with Crippen LogP contribution in [-0.4, -0.2) is 65.7 Å². The first kappa shape index (κ1) is 24.5. The summed E-state index contributed by atoms with van der Waals surface area (Å²) < 4.78 is 70.3. The lowest BCUT2D eigenvalue weighted by Crippen LogP contribution is -2.56. The summed E-state index contributed by atoms with van der Waals surface area (Å²) in [4.78, 5) is 21.1. The van der Waals surface area contributed by atoms with Crippen LogP contribution in [0.3, 0.4) is 0 Å². The van der Waals surface area contributed by atoms with Crippen LogP contribution in [0.5, 0.6) is 0 Å². The Bertz CT molecular complexity index is 1490. The molecule has 2 bridgehead atoms. The maximum atomic E-state index is 13.5. The zero-order valence-corrected chi connectivity index (χ0v) is 21.0. The third-order valence-electron chi connectivity index (χ3n) is 7.39. The molecule has 0 unspecified atom stereocenters. The Hall–Kier alpha value is -2.83. The zero-order valence-electron chi connectivity index (χ0n) is 19.4. The van der Waals surface area contributed by atoms with Crippen molar-refractivity contribution in [2.75, 3.05) is 18.0 Å². The maximum absolute atomic E-state index is 13.5. The Morgan fingerprint density at radius 3 is 2.46 bits per heavy atom. The van der Waals surface area contributed by atoms with Gasteiger partial charge in [0.2, 0.25) is 10.0 Å². The van der Waals surface area contributed by atoms with Crippen LogP contribution in [0.1, 0.15) is 36.0 Å². The molecule has 2 aromatic heterocycles. The van der Waals surface area contributed by atoms with E-state index in [9.17, 15) is 26.4 Å². The predicted octanol–water partition coefficient (Wildman–Crippen LogP) is 3.70. The summed E-state index contributed by atoms with van der Waals surface area (Å²) >= 11 is 6.12. The van der Waals surface area contributed by atoms with Crippen LogP contribution in [0, 0.1) is 5.82 Å². The summed E-state index contributed by atoms with van der Waals surface area (Å²) in [6, 6.07) is 5.69. The number of nitrogens with one attached hydrogen (secondary N) is 1. The molecule has 1 aliphatic carbocycles. The van der Waals surface area contributed by atoms with E-state index in [1.807, 2.05) is 0 Å². The van der Waals surface area contributed by atoms with Crippen LogP contribution in [-0.2, 0) is 10.0 Å². The van der Waals surface area contributed by atoms with E-state index in [4.69, 9.17) is 11.6 Å². The molecular formula is C24H23ClF3N5O3S. The first-order valence-electron chi connectivity index (χ1n) is 11.9. The van der Waals surface area contributed by atoms with Gasteiger partial charge in [-0.1, -0.05) is 11.6 Å². The largest absolute Gasteiger partial charge is 0.348 e. The van der Waals surface area contributed by atoms with Crippen molar-refractivity contribution in [2.24, 2.45) is 0 Å². The van der Waals surface area contributed by atoms with Gasteiger partial charge in [0.05, 0.1) is 27.2 Å². The topological polar surface area (TPSA) is 87.0 Å². The molecule has 0 spiro atoms. The number of benzene rings is 1. The smallest absolute Gasteiger partial charge is 0.255 e. The van der Waals surface area contributed by atoms with Crippen molar-refractivity contribution < 1.29 is 26.4 Å². The second kappa shape index (κ2) is 8.60. The van der Waals surface area contributed by atoms with E-state index in [2.05, 4.69) is 14.6 Å². The summed E-state index contributed by atoms with van der Waals surface area (Å²) in [5.41, 5.74) is 0.779. The van der Waals surface area contributed by atoms with Crippen molar-refractivity contribution in [3.05, 3.63) is 59.3 Å². The first-order valence-corrected chi connectivity index (χ1v) is 13.8. The SMILES string of the molecule is O=C(c1ccc(F)cc1Cl)N1C[C@H]2CC[C@@H](C1)N2c1cc(S(=O)(=O)NC2CC(F)(F)C2)cc2cncn12. The quantitative estimate of drug-likeness (QED) is 0.521. The zero-order chi connectivity index (χ0) is 26.1. The highest BCUT2D eigenvalue weighted by atomic mass is 35.5. The molecule has 8 nitrogen and oxygen atoms in total. The highest BCUT2D eigenvalue weighted by Gasteiger charge is 2.47. The fourth-order valence-corrected chi connectivity index (χ4v) is 7.18. The number of piperazine rings is 1. The highest BCUT2D eigenvalue weighted by molar-refractivity contribution is 7.89. The molecule has 1 saturated carbocycles. The van der Waals surface area contributed by atoms with Gasteiger partial charge in [0.1, 0.15) is 18.0 Å². The average Bonchev–Trinajstić information content (AvgIpc) is 3.38. The number of amides is 1. The number of fused-ring (bicyclic) bond motifs is 3. The number of anilines is 1. The van der Waals surface area contributed by atoms with Crippen molar-refractivity contribution in [1.82, 2.24) is 19.0 Å². The van der Waals surface area contributed by atoms with Gasteiger partial charge in [-0.3, -0.25) is 9.20 Å². The van der Waals surface area contributed by atoms with Crippen molar-refractivity contribution in [1.29, 1.82) is 0 Å². The summed E-state index contributed by atoms with van der Waals surface area (Å²) in [5, 5.41) is 0.0505. The number of hydrogen-bond donors (Lipinski definition) is 1. The second-order valence-electron chi connectivity index (χ2n) is 9.95. The van der Waals surface area contributed by atoms with Gasteiger partial charge in [0.15, 0.2) is 0 Å². The van der Waals surface area contributed by atoms with Crippen LogP contribution in [0.15, 0.2) is 47.8 Å². The van der Waals surface area contributed by atoms with Gasteiger partial charge in [-0.2, -0.15) is 0 Å². The second-order valence-corrected chi connectivity index (χ2v) is 12.1. The lowest BCUT2D eigenvalue weighted by atomic mass is 9.89. The molecule has 3 aromatic rings. The lowest BCUT2D eigenvalue weighted by Gasteiger charge is -2.42. The van der Waals surface area contributed by atoms with Crippen LogP contribution in [0.25, 0.3) is 5.52 Å². The van der Waals surface area contributed by atoms with Crippen molar-refractivity contribution in [3.63, 3.8) is 0 Å². The number of halogens is 4. The Morgan fingerprint density at radius 1 is 1.11 bits per heavy atom. The van der Waals surface area contributed by atoms with E-state index < -0.39 is 40.6 Å². The number of carbonyl (C=O) groups is 1. The Labute approximate surface area is 216 Å². The van der Waals surface area contributed by atoms with Crippen molar-refractivity contribution in [3.8, 4) is 0 Å². The average molecular weight is 554 g/mol. The van der Waals surface area contributed by atoms with E-state index in [0.29, 0.717) is 24.4 Å². The van der Waals surface area contributed by atoms with Gasteiger partial charge in [-0.15, -0.1) is 0 Å². The molecule has 2 aliphatic heterocycles. The van der Waals surface area contributed by atoms with E-state index in [1.54, 1.807) is 15.6 Å². The third kappa shape index (κ3) is 4.34. The number of imidazole rings is 1. The molecule has 37 heavy (non-hydrogen) atoms. The molecule has 6 rings (SSSR count). The number of pyridine rings is 1. The Kier molecular flexibility index (Phi) is 5.70. The van der Waals surface area contributed by atoms with Crippen molar-refractivity contribution >= 4 is 38.9 Å². The van der Waals surface area contributed by atoms with Gasteiger partial charge in [0.25, 0.3) is 11.8 Å². The molecule has 196 valence electrons. The molecule has 3 fully saturated rings. The van der Waals surface area contributed by atoms with Gasteiger partial charge >= 0.3 is 0 Å². The first-order chi connectivity index (χ1) is 17.5. The number of hydrogen-bond acceptors (Lipinski definition) is 5. The minimum absolute atomic E-state index is 0.0262. The van der Waals surface area contributed by atoms with Crippen LogP contribution < -0.4 is 9.62 Å². The van der Waals surface area contributed by atoms with Gasteiger partial charge in [-0.05, 0) is 43.2 Å². The predicted molar refractivity (Wildman–Crippen MR) is 130 cm³/mol. The Morgan fingerprint density at radius 2 is 1.81 bits per heavy atom. The molecule has 1 aromatic carbocycles. The van der Waals surface area contributed by atoms with Crippen molar-refractivity contribution in [2.45, 2.75) is 54.6 Å². The summed E-state index contributed by atoms with van der Waals surface area (Å²) in [6.45, 7) is 0.761. The van der Waals surface area contributed by atoms with Gasteiger partial charge in [0, 0.05) is 44.1 Å². The summed E-state index contributed by atoms with van der Waals surface area (Å²) in [6.07, 6.45) is 3.66. The number of nitrogens with zero attached hydrogens (tertiary/aromatic N) is 4.